The van der Waals surface area contributed by atoms with Gasteiger partial charge >= 0.3 is 0 Å². The van der Waals surface area contributed by atoms with Crippen LogP contribution >= 0.6 is 0 Å². The first kappa shape index (κ1) is 17.3. The van der Waals surface area contributed by atoms with Crippen LogP contribution in [-0.2, 0) is 12.8 Å². The first-order chi connectivity index (χ1) is 12.0. The third-order valence-corrected chi connectivity index (χ3v) is 4.75. The molecular weight excluding hydrogens is 312 g/mol. The molecule has 3 rings (SSSR count). The van der Waals surface area contributed by atoms with Crippen LogP contribution in [0, 0.1) is 5.92 Å². The van der Waals surface area contributed by atoms with E-state index in [4.69, 9.17) is 0 Å². The summed E-state index contributed by atoms with van der Waals surface area (Å²) in [7, 11) is 0. The molecule has 0 amide bonds. The van der Waals surface area contributed by atoms with Crippen molar-refractivity contribution in [1.82, 2.24) is 4.98 Å². The van der Waals surface area contributed by atoms with E-state index in [2.05, 4.69) is 22.9 Å². The van der Waals surface area contributed by atoms with Crippen LogP contribution < -0.4 is 4.90 Å². The molecule has 1 aliphatic rings. The smallest absolute Gasteiger partial charge is 0.165 e. The number of Topliss-reactive ketones (excluding diaryl/α,β-unsaturated/α-hetero) is 1. The maximum absolute atomic E-state index is 12.4. The van der Waals surface area contributed by atoms with Crippen molar-refractivity contribution in [3.8, 4) is 0 Å². The highest BCUT2D eigenvalue weighted by Gasteiger charge is 2.22. The first-order valence-corrected chi connectivity index (χ1v) is 8.94. The SMILES string of the molecule is CCc1cc(N2CCCc3cc(C=O)cnc32)ccc1C(=O)C(C)C. The van der Waals surface area contributed by atoms with Gasteiger partial charge in [0.2, 0.25) is 0 Å². The van der Waals surface area contributed by atoms with Crippen molar-refractivity contribution in [1.29, 1.82) is 0 Å². The number of carbonyl (C=O) groups excluding carboxylic acids is 2. The van der Waals surface area contributed by atoms with Crippen LogP contribution in [0.25, 0.3) is 0 Å². The monoisotopic (exact) mass is 336 g/mol. The minimum atomic E-state index is -0.00436. The fraction of sp³-hybridized carbons (Fsp3) is 0.381. The fourth-order valence-corrected chi connectivity index (χ4v) is 3.39. The van der Waals surface area contributed by atoms with Crippen LogP contribution in [0.3, 0.4) is 0 Å². The molecule has 0 aliphatic carbocycles. The minimum Gasteiger partial charge on any atom is -0.326 e. The van der Waals surface area contributed by atoms with Crippen LogP contribution in [-0.4, -0.2) is 23.6 Å². The zero-order valence-electron chi connectivity index (χ0n) is 15.1. The van der Waals surface area contributed by atoms with Gasteiger partial charge in [0, 0.05) is 35.5 Å². The summed E-state index contributed by atoms with van der Waals surface area (Å²) in [6.07, 6.45) is 5.24. The van der Waals surface area contributed by atoms with Gasteiger partial charge in [-0.3, -0.25) is 9.59 Å². The lowest BCUT2D eigenvalue weighted by molar-refractivity contribution is 0.0938. The molecule has 0 saturated heterocycles. The quantitative estimate of drug-likeness (QED) is 0.600. The lowest BCUT2D eigenvalue weighted by Crippen LogP contribution is -2.26. The predicted molar refractivity (Wildman–Crippen MR) is 99.9 cm³/mol. The van der Waals surface area contributed by atoms with E-state index in [1.54, 1.807) is 6.20 Å². The topological polar surface area (TPSA) is 50.3 Å². The van der Waals surface area contributed by atoms with E-state index < -0.39 is 0 Å². The average molecular weight is 336 g/mol. The Hall–Kier alpha value is -2.49. The molecule has 2 heterocycles. The molecule has 0 spiro atoms. The molecule has 4 heteroatoms. The zero-order valence-corrected chi connectivity index (χ0v) is 15.1. The van der Waals surface area contributed by atoms with E-state index in [0.29, 0.717) is 5.56 Å². The van der Waals surface area contributed by atoms with Gasteiger partial charge < -0.3 is 4.90 Å². The number of aldehydes is 1. The number of fused-ring (bicyclic) bond motifs is 1. The number of benzene rings is 1. The summed E-state index contributed by atoms with van der Waals surface area (Å²) in [4.78, 5) is 30.1. The highest BCUT2D eigenvalue weighted by Crippen LogP contribution is 2.33. The Morgan fingerprint density at radius 3 is 2.80 bits per heavy atom. The maximum Gasteiger partial charge on any atom is 0.165 e. The second-order valence-electron chi connectivity index (χ2n) is 6.84. The summed E-state index contributed by atoms with van der Waals surface area (Å²) in [5, 5.41) is 0. The third-order valence-electron chi connectivity index (χ3n) is 4.75. The standard InChI is InChI=1S/C21H24N2O2/c1-4-16-11-18(7-8-19(16)20(25)14(2)3)23-9-5-6-17-10-15(13-24)12-22-21(17)23/h7-8,10-14H,4-6,9H2,1-3H3. The first-order valence-electron chi connectivity index (χ1n) is 8.94. The van der Waals surface area contributed by atoms with Gasteiger partial charge in [-0.1, -0.05) is 20.8 Å². The average Bonchev–Trinajstić information content (AvgIpc) is 2.65. The number of rotatable bonds is 5. The number of aryl methyl sites for hydroxylation is 2. The molecule has 0 unspecified atom stereocenters. The molecule has 130 valence electrons. The van der Waals surface area contributed by atoms with E-state index in [1.807, 2.05) is 32.0 Å². The summed E-state index contributed by atoms with van der Waals surface area (Å²) in [5.41, 5.74) is 4.68. The van der Waals surface area contributed by atoms with Gasteiger partial charge in [-0.25, -0.2) is 4.98 Å². The molecular formula is C21H24N2O2. The van der Waals surface area contributed by atoms with Crippen LogP contribution in [0.4, 0.5) is 11.5 Å². The number of hydrogen-bond donors (Lipinski definition) is 0. The van der Waals surface area contributed by atoms with Gasteiger partial charge in [-0.2, -0.15) is 0 Å². The largest absolute Gasteiger partial charge is 0.326 e. The molecule has 0 saturated carbocycles. The van der Waals surface area contributed by atoms with E-state index >= 15 is 0 Å². The Bertz CT molecular complexity index is 812. The van der Waals surface area contributed by atoms with Crippen molar-refractivity contribution in [3.63, 3.8) is 0 Å². The van der Waals surface area contributed by atoms with Crippen molar-refractivity contribution >= 4 is 23.6 Å². The summed E-state index contributed by atoms with van der Waals surface area (Å²) >= 11 is 0. The molecule has 0 fully saturated rings. The molecule has 0 N–H and O–H groups in total. The number of carbonyl (C=O) groups is 2. The second-order valence-corrected chi connectivity index (χ2v) is 6.84. The van der Waals surface area contributed by atoms with Crippen molar-refractivity contribution < 1.29 is 9.59 Å². The molecule has 0 bridgehead atoms. The van der Waals surface area contributed by atoms with Crippen molar-refractivity contribution in [3.05, 3.63) is 52.7 Å². The van der Waals surface area contributed by atoms with Gasteiger partial charge in [-0.15, -0.1) is 0 Å². The molecule has 25 heavy (non-hydrogen) atoms. The number of aromatic nitrogens is 1. The number of ketones is 1. The normalized spacial score (nSPS) is 13.7. The van der Waals surface area contributed by atoms with E-state index in [0.717, 1.165) is 60.3 Å². The van der Waals surface area contributed by atoms with Crippen LogP contribution in [0.15, 0.2) is 30.5 Å². The number of pyridine rings is 1. The number of nitrogens with zero attached hydrogens (tertiary/aromatic N) is 2. The number of anilines is 2. The molecule has 0 atom stereocenters. The van der Waals surface area contributed by atoms with Crippen molar-refractivity contribution in [2.24, 2.45) is 5.92 Å². The Kier molecular flexibility index (Phi) is 4.98. The van der Waals surface area contributed by atoms with Gasteiger partial charge in [0.05, 0.1) is 0 Å². The number of hydrogen-bond acceptors (Lipinski definition) is 4. The summed E-state index contributed by atoms with van der Waals surface area (Å²) < 4.78 is 0. The third kappa shape index (κ3) is 3.34. The fourth-order valence-electron chi connectivity index (χ4n) is 3.39. The molecule has 1 aliphatic heterocycles. The van der Waals surface area contributed by atoms with Crippen molar-refractivity contribution in [2.45, 2.75) is 40.0 Å². The highest BCUT2D eigenvalue weighted by molar-refractivity contribution is 5.99. The zero-order chi connectivity index (χ0) is 18.0. The lowest BCUT2D eigenvalue weighted by Gasteiger charge is -2.30. The molecule has 1 aromatic heterocycles. The van der Waals surface area contributed by atoms with E-state index in [1.165, 1.54) is 0 Å². The molecule has 4 nitrogen and oxygen atoms in total. The van der Waals surface area contributed by atoms with Crippen LogP contribution in [0.1, 0.15) is 59.0 Å². The van der Waals surface area contributed by atoms with Gasteiger partial charge in [0.15, 0.2) is 12.1 Å². The summed E-state index contributed by atoms with van der Waals surface area (Å²) in [5.74, 6) is 1.10. The van der Waals surface area contributed by atoms with E-state index in [9.17, 15) is 9.59 Å². The summed E-state index contributed by atoms with van der Waals surface area (Å²) in [6, 6.07) is 8.00. The summed E-state index contributed by atoms with van der Waals surface area (Å²) in [6.45, 7) is 6.84. The Morgan fingerprint density at radius 2 is 2.12 bits per heavy atom. The Balaban J connectivity index is 2.01. The minimum absolute atomic E-state index is 0.00436. The highest BCUT2D eigenvalue weighted by atomic mass is 16.1. The van der Waals surface area contributed by atoms with Gasteiger partial charge in [-0.05, 0) is 54.7 Å². The maximum atomic E-state index is 12.4. The van der Waals surface area contributed by atoms with Crippen LogP contribution in [0.5, 0.6) is 0 Å². The van der Waals surface area contributed by atoms with Crippen molar-refractivity contribution in [2.75, 3.05) is 11.4 Å². The van der Waals surface area contributed by atoms with E-state index in [-0.39, 0.29) is 11.7 Å². The Morgan fingerprint density at radius 1 is 1.32 bits per heavy atom. The second kappa shape index (κ2) is 7.18. The molecule has 2 aromatic rings. The lowest BCUT2D eigenvalue weighted by atomic mass is 9.94. The molecule has 0 radical (unpaired) electrons. The van der Waals surface area contributed by atoms with Crippen LogP contribution in [0.2, 0.25) is 0 Å². The van der Waals surface area contributed by atoms with Gasteiger partial charge in [0.1, 0.15) is 5.82 Å². The predicted octanol–water partition coefficient (Wildman–Crippen LogP) is 4.38. The molecule has 1 aromatic carbocycles. The Labute approximate surface area is 148 Å². The van der Waals surface area contributed by atoms with Gasteiger partial charge in [0.25, 0.3) is 0 Å².